The Hall–Kier alpha value is -0.890. The van der Waals surface area contributed by atoms with E-state index in [1.54, 1.807) is 0 Å². The first-order valence-corrected chi connectivity index (χ1v) is 2.98. The lowest BCUT2D eigenvalue weighted by Gasteiger charge is -1.92. The number of carbonyl (C=O) groups excluding carboxylic acids is 2. The highest BCUT2D eigenvalue weighted by molar-refractivity contribution is 6.67. The van der Waals surface area contributed by atoms with Gasteiger partial charge in [-0.25, -0.2) is 0 Å². The minimum Gasteiger partial charge on any atom is -0.295 e. The van der Waals surface area contributed by atoms with Gasteiger partial charge in [-0.15, -0.1) is 0 Å². The highest BCUT2D eigenvalue weighted by Crippen LogP contribution is 2.03. The number of hydrogen-bond donors (Lipinski definition) is 0. The van der Waals surface area contributed by atoms with Crippen LogP contribution in [0.15, 0.2) is 24.8 Å². The first kappa shape index (κ1) is 9.11. The van der Waals surface area contributed by atoms with Crippen molar-refractivity contribution in [1.82, 2.24) is 0 Å². The van der Waals surface area contributed by atoms with Crippen LogP contribution in [0.4, 0.5) is 0 Å². The summed E-state index contributed by atoms with van der Waals surface area (Å²) >= 11 is 5.00. The normalized spacial score (nSPS) is 8.50. The van der Waals surface area contributed by atoms with Crippen LogP contribution in [-0.4, -0.2) is 11.0 Å². The van der Waals surface area contributed by atoms with E-state index in [4.69, 9.17) is 11.6 Å². The van der Waals surface area contributed by atoms with Crippen LogP contribution >= 0.6 is 11.6 Å². The molecule has 3 heteroatoms. The molecule has 0 aromatic rings. The van der Waals surface area contributed by atoms with Gasteiger partial charge >= 0.3 is 0 Å². The zero-order chi connectivity index (χ0) is 8.15. The molecule has 0 saturated heterocycles. The van der Waals surface area contributed by atoms with Gasteiger partial charge in [0, 0.05) is 12.0 Å². The number of hydrogen-bond acceptors (Lipinski definition) is 2. The van der Waals surface area contributed by atoms with E-state index >= 15 is 0 Å². The monoisotopic (exact) mass is 158 g/mol. The maximum absolute atomic E-state index is 10.5. The molecule has 0 unspecified atom stereocenters. The van der Waals surface area contributed by atoms with Gasteiger partial charge in [-0.3, -0.25) is 9.59 Å². The third kappa shape index (κ3) is 3.20. The average Bonchev–Trinajstić information content (AvgIpc) is 1.87. The van der Waals surface area contributed by atoms with Crippen LogP contribution in [0.3, 0.4) is 0 Å². The summed E-state index contributed by atoms with van der Waals surface area (Å²) in [4.78, 5) is 20.8. The molecule has 2 nitrogen and oxygen atoms in total. The predicted molar refractivity (Wildman–Crippen MR) is 39.8 cm³/mol. The SMILES string of the molecule is C=CC(=O)CC(=C)C(=O)Cl. The lowest BCUT2D eigenvalue weighted by molar-refractivity contribution is -0.115. The van der Waals surface area contributed by atoms with Crippen molar-refractivity contribution in [3.8, 4) is 0 Å². The van der Waals surface area contributed by atoms with Gasteiger partial charge in [0.2, 0.25) is 5.24 Å². The van der Waals surface area contributed by atoms with E-state index in [9.17, 15) is 9.59 Å². The average molecular weight is 159 g/mol. The van der Waals surface area contributed by atoms with Crippen LogP contribution < -0.4 is 0 Å². The van der Waals surface area contributed by atoms with Gasteiger partial charge in [0.05, 0.1) is 0 Å². The predicted octanol–water partition coefficient (Wildman–Crippen LogP) is 1.45. The molecule has 0 N–H and O–H groups in total. The third-order valence-electron chi connectivity index (χ3n) is 0.893. The quantitative estimate of drug-likeness (QED) is 0.459. The van der Waals surface area contributed by atoms with Crippen molar-refractivity contribution >= 4 is 22.6 Å². The standard InChI is InChI=1S/C7H7ClO2/c1-3-6(9)4-5(2)7(8)10/h3H,1-2,4H2. The van der Waals surface area contributed by atoms with Gasteiger partial charge in [-0.1, -0.05) is 13.2 Å². The van der Waals surface area contributed by atoms with E-state index < -0.39 is 5.24 Å². The molecular weight excluding hydrogens is 152 g/mol. The van der Waals surface area contributed by atoms with Crippen molar-refractivity contribution in [2.75, 3.05) is 0 Å². The molecule has 0 spiro atoms. The summed E-state index contributed by atoms with van der Waals surface area (Å²) in [6.07, 6.45) is 1.09. The molecule has 0 rings (SSSR count). The van der Waals surface area contributed by atoms with Crippen LogP contribution in [0.1, 0.15) is 6.42 Å². The summed E-state index contributed by atoms with van der Waals surface area (Å²) in [5.41, 5.74) is 0.103. The van der Waals surface area contributed by atoms with Gasteiger partial charge in [0.25, 0.3) is 0 Å². The Morgan fingerprint density at radius 2 is 2.00 bits per heavy atom. The third-order valence-corrected chi connectivity index (χ3v) is 1.16. The second kappa shape index (κ2) is 4.01. The second-order valence-corrected chi connectivity index (χ2v) is 2.07. The van der Waals surface area contributed by atoms with Crippen molar-refractivity contribution in [2.45, 2.75) is 6.42 Å². The molecule has 0 aliphatic heterocycles. The maximum atomic E-state index is 10.5. The van der Waals surface area contributed by atoms with Gasteiger partial charge < -0.3 is 0 Å². The number of rotatable bonds is 4. The molecule has 0 bridgehead atoms. The Morgan fingerprint density at radius 1 is 1.50 bits per heavy atom. The first-order valence-electron chi connectivity index (χ1n) is 2.60. The zero-order valence-corrected chi connectivity index (χ0v) is 6.15. The number of ketones is 1. The molecule has 0 saturated carbocycles. The van der Waals surface area contributed by atoms with Gasteiger partial charge in [-0.2, -0.15) is 0 Å². The molecule has 10 heavy (non-hydrogen) atoms. The highest BCUT2D eigenvalue weighted by atomic mass is 35.5. The highest BCUT2D eigenvalue weighted by Gasteiger charge is 2.05. The van der Waals surface area contributed by atoms with E-state index in [0.29, 0.717) is 0 Å². The van der Waals surface area contributed by atoms with E-state index in [1.165, 1.54) is 0 Å². The lowest BCUT2D eigenvalue weighted by atomic mass is 10.2. The Bertz CT molecular complexity index is 194. The van der Waals surface area contributed by atoms with Gasteiger partial charge in [0.1, 0.15) is 0 Å². The summed E-state index contributed by atoms with van der Waals surface area (Å²) in [6, 6.07) is 0. The molecule has 0 radical (unpaired) electrons. The van der Waals surface area contributed by atoms with Crippen molar-refractivity contribution in [2.24, 2.45) is 0 Å². The fraction of sp³-hybridized carbons (Fsp3) is 0.143. The summed E-state index contributed by atoms with van der Waals surface area (Å²) in [7, 11) is 0. The molecule has 0 heterocycles. The summed E-state index contributed by atoms with van der Waals surface area (Å²) in [5.74, 6) is -0.251. The Morgan fingerprint density at radius 3 is 2.30 bits per heavy atom. The van der Waals surface area contributed by atoms with Crippen molar-refractivity contribution in [3.05, 3.63) is 24.8 Å². The van der Waals surface area contributed by atoms with Gasteiger partial charge in [0.15, 0.2) is 5.78 Å². The van der Waals surface area contributed by atoms with E-state index in [-0.39, 0.29) is 17.8 Å². The number of carbonyl (C=O) groups is 2. The summed E-state index contributed by atoms with van der Waals surface area (Å²) < 4.78 is 0. The lowest BCUT2D eigenvalue weighted by Crippen LogP contribution is -1.99. The molecule has 0 atom stereocenters. The summed E-state index contributed by atoms with van der Waals surface area (Å²) in [5, 5.41) is -0.671. The van der Waals surface area contributed by atoms with Crippen LogP contribution in [0.5, 0.6) is 0 Å². The minimum atomic E-state index is -0.671. The van der Waals surface area contributed by atoms with Crippen molar-refractivity contribution in [1.29, 1.82) is 0 Å². The minimum absolute atomic E-state index is 0.0359. The molecule has 0 fully saturated rings. The Balaban J connectivity index is 3.92. The Kier molecular flexibility index (Phi) is 3.65. The number of halogens is 1. The fourth-order valence-corrected chi connectivity index (χ4v) is 0.419. The fourth-order valence-electron chi connectivity index (χ4n) is 0.352. The van der Waals surface area contributed by atoms with Crippen molar-refractivity contribution in [3.63, 3.8) is 0 Å². The van der Waals surface area contributed by atoms with Gasteiger partial charge in [-0.05, 0) is 17.7 Å². The smallest absolute Gasteiger partial charge is 0.248 e. The summed E-state index contributed by atoms with van der Waals surface area (Å²) in [6.45, 7) is 6.52. The molecule has 0 aromatic heterocycles. The van der Waals surface area contributed by atoms with Crippen LogP contribution in [0, 0.1) is 0 Å². The van der Waals surface area contributed by atoms with E-state index in [1.807, 2.05) is 0 Å². The van der Waals surface area contributed by atoms with Crippen LogP contribution in [0.25, 0.3) is 0 Å². The van der Waals surface area contributed by atoms with Crippen molar-refractivity contribution < 1.29 is 9.59 Å². The molecular formula is C7H7ClO2. The molecule has 0 amide bonds. The molecule has 0 aliphatic carbocycles. The number of allylic oxidation sites excluding steroid dienone is 2. The topological polar surface area (TPSA) is 34.1 Å². The maximum Gasteiger partial charge on any atom is 0.248 e. The second-order valence-electron chi connectivity index (χ2n) is 1.72. The zero-order valence-electron chi connectivity index (χ0n) is 5.39. The van der Waals surface area contributed by atoms with Crippen LogP contribution in [-0.2, 0) is 9.59 Å². The Labute approximate surface area is 64.2 Å². The molecule has 0 aromatic carbocycles. The molecule has 0 aliphatic rings. The van der Waals surface area contributed by atoms with E-state index in [2.05, 4.69) is 13.2 Å². The van der Waals surface area contributed by atoms with Crippen LogP contribution in [0.2, 0.25) is 0 Å². The largest absolute Gasteiger partial charge is 0.295 e. The molecule has 54 valence electrons. The van der Waals surface area contributed by atoms with E-state index in [0.717, 1.165) is 6.08 Å². The first-order chi connectivity index (χ1) is 4.57.